The maximum absolute atomic E-state index is 13.7. The molecule has 0 saturated carbocycles. The summed E-state index contributed by atoms with van der Waals surface area (Å²) in [5.74, 6) is 0.645. The molecule has 0 saturated heterocycles. The van der Waals surface area contributed by atoms with Crippen molar-refractivity contribution in [3.63, 3.8) is 0 Å². The highest BCUT2D eigenvalue weighted by Crippen LogP contribution is 2.43. The van der Waals surface area contributed by atoms with Crippen LogP contribution >= 0.6 is 11.3 Å². The smallest absolute Gasteiger partial charge is 0.350 e. The van der Waals surface area contributed by atoms with E-state index in [0.717, 1.165) is 16.9 Å². The first-order valence-electron chi connectivity index (χ1n) is 11.8. The molecule has 0 radical (unpaired) electrons. The van der Waals surface area contributed by atoms with Crippen LogP contribution in [0.25, 0.3) is 21.5 Å². The lowest BCUT2D eigenvalue weighted by atomic mass is 9.99. The summed E-state index contributed by atoms with van der Waals surface area (Å²) >= 11 is 1.12. The Labute approximate surface area is 223 Å². The number of nitrogens with two attached hydrogens (primary N) is 1. The molecular weight excluding hydrogens is 502 g/mol. The number of carbonyl (C=O) groups is 2. The Balaban J connectivity index is 1.61. The fraction of sp³-hybridized carbons (Fsp3) is 0.138. The Kier molecular flexibility index (Phi) is 6.85. The minimum absolute atomic E-state index is 0.108. The first-order valence-corrected chi connectivity index (χ1v) is 12.6. The van der Waals surface area contributed by atoms with Gasteiger partial charge in [-0.1, -0.05) is 42.5 Å². The van der Waals surface area contributed by atoms with Gasteiger partial charge >= 0.3 is 5.97 Å². The number of furan rings is 1. The molecule has 0 fully saturated rings. The number of amides is 1. The van der Waals surface area contributed by atoms with Crippen LogP contribution in [0.3, 0.4) is 0 Å². The summed E-state index contributed by atoms with van der Waals surface area (Å²) in [5.41, 5.74) is 9.30. The van der Waals surface area contributed by atoms with E-state index >= 15 is 0 Å². The number of thiophene rings is 1. The van der Waals surface area contributed by atoms with Crippen LogP contribution in [0.4, 0.5) is 11.4 Å². The quantitative estimate of drug-likeness (QED) is 0.236. The summed E-state index contributed by atoms with van der Waals surface area (Å²) in [6.45, 7) is 3.66. The molecule has 5 rings (SSSR count). The second-order valence-corrected chi connectivity index (χ2v) is 9.60. The molecule has 0 atom stereocenters. The minimum Gasteiger partial charge on any atom is -0.495 e. The molecule has 8 nitrogen and oxygen atoms in total. The van der Waals surface area contributed by atoms with Crippen LogP contribution in [0.1, 0.15) is 37.0 Å². The van der Waals surface area contributed by atoms with Gasteiger partial charge in [0, 0.05) is 10.9 Å². The number of aryl methyl sites for hydroxylation is 2. The van der Waals surface area contributed by atoms with Crippen molar-refractivity contribution in [2.24, 2.45) is 0 Å². The lowest BCUT2D eigenvalue weighted by molar-refractivity contribution is 0.0479. The van der Waals surface area contributed by atoms with Crippen molar-refractivity contribution in [1.29, 1.82) is 0 Å². The number of pyridine rings is 1. The van der Waals surface area contributed by atoms with Crippen molar-refractivity contribution in [2.75, 3.05) is 18.2 Å². The number of nitrogen functional groups attached to an aromatic ring is 1. The summed E-state index contributed by atoms with van der Waals surface area (Å²) < 4.78 is 16.9. The van der Waals surface area contributed by atoms with Crippen LogP contribution in [0.5, 0.6) is 5.75 Å². The van der Waals surface area contributed by atoms with Gasteiger partial charge < -0.3 is 24.9 Å². The van der Waals surface area contributed by atoms with Gasteiger partial charge in [-0.15, -0.1) is 11.3 Å². The van der Waals surface area contributed by atoms with Crippen LogP contribution in [-0.4, -0.2) is 24.0 Å². The Morgan fingerprint density at radius 2 is 1.76 bits per heavy atom. The summed E-state index contributed by atoms with van der Waals surface area (Å²) in [6.07, 6.45) is 0. The monoisotopic (exact) mass is 527 g/mol. The van der Waals surface area contributed by atoms with Crippen LogP contribution in [-0.2, 0) is 11.3 Å². The number of carbonyl (C=O) groups excluding carboxylic acids is 2. The standard InChI is InChI=1S/C29H25N3O5S/c1-16-13-14-21(37-16)23-22(27(33)32-19-11-7-8-12-20(19)35-3)17(2)31-28-24(23)25(30)26(38-28)29(34)36-15-18-9-5-4-6-10-18/h4-14H,15,30H2,1-3H3,(H,32,33). The number of hydrogen-bond donors (Lipinski definition) is 2. The van der Waals surface area contributed by atoms with Gasteiger partial charge in [0.15, 0.2) is 0 Å². The van der Waals surface area contributed by atoms with Gasteiger partial charge in [0.25, 0.3) is 5.91 Å². The minimum atomic E-state index is -0.561. The molecule has 0 aliphatic rings. The third kappa shape index (κ3) is 4.71. The number of benzene rings is 2. The predicted molar refractivity (Wildman–Crippen MR) is 148 cm³/mol. The normalized spacial score (nSPS) is 10.9. The fourth-order valence-electron chi connectivity index (χ4n) is 4.23. The number of esters is 1. The number of para-hydroxylation sites is 2. The van der Waals surface area contributed by atoms with Gasteiger partial charge in [0.2, 0.25) is 0 Å². The molecule has 0 unspecified atom stereocenters. The Hall–Kier alpha value is -4.63. The molecular formula is C29H25N3O5S. The number of fused-ring (bicyclic) bond motifs is 1. The SMILES string of the molecule is COc1ccccc1NC(=O)c1c(C)nc2sc(C(=O)OCc3ccccc3)c(N)c2c1-c1ccc(C)o1. The number of methoxy groups -OCH3 is 1. The van der Waals surface area contributed by atoms with Crippen molar-refractivity contribution >= 4 is 44.8 Å². The van der Waals surface area contributed by atoms with Crippen LogP contribution in [0.15, 0.2) is 71.1 Å². The molecule has 5 aromatic rings. The largest absolute Gasteiger partial charge is 0.495 e. The van der Waals surface area contributed by atoms with E-state index in [9.17, 15) is 9.59 Å². The first kappa shape index (κ1) is 25.0. The van der Waals surface area contributed by atoms with Gasteiger partial charge in [0.05, 0.1) is 29.7 Å². The number of ether oxygens (including phenoxy) is 2. The highest BCUT2D eigenvalue weighted by atomic mass is 32.1. The summed E-state index contributed by atoms with van der Waals surface area (Å²) in [6, 6.07) is 20.1. The number of rotatable bonds is 7. The Morgan fingerprint density at radius 3 is 2.47 bits per heavy atom. The molecule has 3 aromatic heterocycles. The van der Waals surface area contributed by atoms with E-state index in [4.69, 9.17) is 19.6 Å². The number of nitrogens with zero attached hydrogens (tertiary/aromatic N) is 1. The first-order chi connectivity index (χ1) is 18.4. The topological polar surface area (TPSA) is 117 Å². The van der Waals surface area contributed by atoms with E-state index in [2.05, 4.69) is 10.3 Å². The van der Waals surface area contributed by atoms with E-state index < -0.39 is 11.9 Å². The van der Waals surface area contributed by atoms with Crippen LogP contribution in [0, 0.1) is 13.8 Å². The lowest BCUT2D eigenvalue weighted by Crippen LogP contribution is -2.16. The summed E-state index contributed by atoms with van der Waals surface area (Å²) in [7, 11) is 1.53. The molecule has 9 heteroatoms. The number of nitrogens with one attached hydrogen (secondary N) is 1. The Bertz CT molecular complexity index is 1660. The maximum atomic E-state index is 13.7. The fourth-order valence-corrected chi connectivity index (χ4v) is 5.28. The molecule has 3 N–H and O–H groups in total. The van der Waals surface area contributed by atoms with Crippen LogP contribution < -0.4 is 15.8 Å². The third-order valence-corrected chi connectivity index (χ3v) is 7.10. The zero-order chi connectivity index (χ0) is 26.8. The molecule has 0 spiro atoms. The highest BCUT2D eigenvalue weighted by Gasteiger charge is 2.29. The van der Waals surface area contributed by atoms with Crippen molar-refractivity contribution in [1.82, 2.24) is 4.98 Å². The summed E-state index contributed by atoms with van der Waals surface area (Å²) in [4.78, 5) is 32.1. The number of anilines is 2. The van der Waals surface area contributed by atoms with E-state index in [0.29, 0.717) is 44.4 Å². The van der Waals surface area contributed by atoms with Crippen molar-refractivity contribution < 1.29 is 23.5 Å². The Morgan fingerprint density at radius 1 is 1.03 bits per heavy atom. The average Bonchev–Trinajstić information content (AvgIpc) is 3.50. The van der Waals surface area contributed by atoms with Gasteiger partial charge in [-0.05, 0) is 43.7 Å². The molecule has 2 aromatic carbocycles. The zero-order valence-corrected chi connectivity index (χ0v) is 21.8. The molecule has 0 bridgehead atoms. The second-order valence-electron chi connectivity index (χ2n) is 8.60. The van der Waals surface area contributed by atoms with Gasteiger partial charge in [0.1, 0.15) is 33.6 Å². The van der Waals surface area contributed by atoms with Gasteiger partial charge in [-0.2, -0.15) is 0 Å². The van der Waals surface area contributed by atoms with E-state index in [1.807, 2.05) is 43.3 Å². The predicted octanol–water partition coefficient (Wildman–Crippen LogP) is 6.37. The van der Waals surface area contributed by atoms with Gasteiger partial charge in [-0.25, -0.2) is 9.78 Å². The van der Waals surface area contributed by atoms with E-state index in [-0.39, 0.29) is 22.7 Å². The summed E-state index contributed by atoms with van der Waals surface area (Å²) in [5, 5.41) is 3.38. The highest BCUT2D eigenvalue weighted by molar-refractivity contribution is 7.21. The molecule has 1 amide bonds. The van der Waals surface area contributed by atoms with Crippen molar-refractivity contribution in [2.45, 2.75) is 20.5 Å². The van der Waals surface area contributed by atoms with E-state index in [1.54, 1.807) is 37.3 Å². The average molecular weight is 528 g/mol. The number of aromatic nitrogens is 1. The maximum Gasteiger partial charge on any atom is 0.350 e. The van der Waals surface area contributed by atoms with Crippen molar-refractivity contribution in [3.05, 3.63) is 94.2 Å². The van der Waals surface area contributed by atoms with Crippen LogP contribution in [0.2, 0.25) is 0 Å². The van der Waals surface area contributed by atoms with E-state index in [1.165, 1.54) is 7.11 Å². The lowest BCUT2D eigenvalue weighted by Gasteiger charge is -2.14. The molecule has 0 aliphatic carbocycles. The molecule has 3 heterocycles. The third-order valence-electron chi connectivity index (χ3n) is 6.02. The molecule has 192 valence electrons. The van der Waals surface area contributed by atoms with Crippen molar-refractivity contribution in [3.8, 4) is 17.1 Å². The second kappa shape index (κ2) is 10.4. The molecule has 38 heavy (non-hydrogen) atoms. The van der Waals surface area contributed by atoms with Gasteiger partial charge in [-0.3, -0.25) is 4.79 Å². The molecule has 0 aliphatic heterocycles. The number of hydrogen-bond acceptors (Lipinski definition) is 8. The zero-order valence-electron chi connectivity index (χ0n) is 21.0.